The van der Waals surface area contributed by atoms with E-state index >= 15 is 0 Å². The lowest BCUT2D eigenvalue weighted by Gasteiger charge is -2.11. The fourth-order valence-corrected chi connectivity index (χ4v) is 2.37. The molecule has 0 radical (unpaired) electrons. The lowest BCUT2D eigenvalue weighted by atomic mass is 9.95. The van der Waals surface area contributed by atoms with E-state index in [1.54, 1.807) is 36.9 Å². The minimum absolute atomic E-state index is 0.319. The zero-order chi connectivity index (χ0) is 18.4. The standard InChI is InChI=1S/C17H22N/c1-11-7-13(3)17(14(4)8-11)16-9-12(2)15(5)10-18(16)6/h7-10H,1-6H3/q+1/i1D3,5D3. The number of nitrogens with zero attached hydrogens (tertiary/aromatic N) is 1. The Hall–Kier alpha value is -1.63. The first-order valence-electron chi connectivity index (χ1n) is 8.95. The van der Waals surface area contributed by atoms with Gasteiger partial charge in [-0.2, -0.15) is 0 Å². The van der Waals surface area contributed by atoms with Crippen molar-refractivity contribution in [3.63, 3.8) is 0 Å². The largest absolute Gasteiger partial charge is 0.213 e. The van der Waals surface area contributed by atoms with E-state index in [9.17, 15) is 0 Å². The van der Waals surface area contributed by atoms with Gasteiger partial charge in [0.05, 0.1) is 5.56 Å². The third kappa shape index (κ3) is 2.17. The van der Waals surface area contributed by atoms with E-state index in [0.717, 1.165) is 22.4 Å². The van der Waals surface area contributed by atoms with Crippen LogP contribution in [0.2, 0.25) is 0 Å². The number of hydrogen-bond donors (Lipinski definition) is 0. The fourth-order valence-electron chi connectivity index (χ4n) is 2.37. The third-order valence-corrected chi connectivity index (χ3v) is 3.27. The van der Waals surface area contributed by atoms with Crippen LogP contribution in [-0.4, -0.2) is 0 Å². The van der Waals surface area contributed by atoms with Crippen molar-refractivity contribution < 1.29 is 12.8 Å². The highest BCUT2D eigenvalue weighted by atomic mass is 14.9. The highest BCUT2D eigenvalue weighted by molar-refractivity contribution is 5.66. The maximum Gasteiger partial charge on any atom is 0.213 e. The lowest BCUT2D eigenvalue weighted by molar-refractivity contribution is -0.660. The first-order chi connectivity index (χ1) is 10.8. The van der Waals surface area contributed by atoms with Crippen LogP contribution in [0.5, 0.6) is 0 Å². The van der Waals surface area contributed by atoms with E-state index in [1.807, 2.05) is 19.9 Å². The second kappa shape index (κ2) is 4.56. The molecule has 0 atom stereocenters. The summed E-state index contributed by atoms with van der Waals surface area (Å²) in [6.07, 6.45) is 1.63. The Balaban J connectivity index is 2.68. The van der Waals surface area contributed by atoms with Gasteiger partial charge in [0.1, 0.15) is 7.05 Å². The van der Waals surface area contributed by atoms with Crippen LogP contribution in [0.1, 0.15) is 36.0 Å². The fraction of sp³-hybridized carbons (Fsp3) is 0.353. The SMILES string of the molecule is [2H]C([2H])([2H])c1cc(C)c(-c2cc(C)c(C([2H])([2H])[2H])c[n+]2C)c(C)c1. The molecule has 0 saturated carbocycles. The molecule has 2 aromatic rings. The van der Waals surface area contributed by atoms with Crippen molar-refractivity contribution in [2.75, 3.05) is 0 Å². The molecule has 0 aliphatic heterocycles. The van der Waals surface area contributed by atoms with Crippen molar-refractivity contribution >= 4 is 0 Å². The molecule has 1 heterocycles. The van der Waals surface area contributed by atoms with Crippen LogP contribution in [0.15, 0.2) is 24.4 Å². The molecule has 1 nitrogen and oxygen atoms in total. The Kier molecular flexibility index (Phi) is 1.80. The molecule has 1 heteroatoms. The first-order valence-corrected chi connectivity index (χ1v) is 5.95. The number of aromatic nitrogens is 1. The molecule has 0 fully saturated rings. The molecule has 1 aromatic carbocycles. The first kappa shape index (κ1) is 7.08. The van der Waals surface area contributed by atoms with E-state index in [0.29, 0.717) is 16.7 Å². The van der Waals surface area contributed by atoms with E-state index in [4.69, 9.17) is 8.22 Å². The van der Waals surface area contributed by atoms with E-state index < -0.39 is 13.7 Å². The monoisotopic (exact) mass is 246 g/mol. The van der Waals surface area contributed by atoms with Gasteiger partial charge in [-0.15, -0.1) is 0 Å². The number of aryl methyl sites for hydroxylation is 6. The molecule has 0 spiro atoms. The van der Waals surface area contributed by atoms with Crippen LogP contribution in [-0.2, 0) is 7.05 Å². The quantitative estimate of drug-likeness (QED) is 0.675. The lowest BCUT2D eigenvalue weighted by Crippen LogP contribution is -2.31. The molecule has 0 bridgehead atoms. The summed E-state index contributed by atoms with van der Waals surface area (Å²) in [5, 5.41) is 0. The van der Waals surface area contributed by atoms with E-state index in [1.165, 1.54) is 0 Å². The molecule has 0 aliphatic carbocycles. The summed E-state index contributed by atoms with van der Waals surface area (Å²) in [4.78, 5) is 0. The number of benzene rings is 1. The molecule has 0 saturated heterocycles. The van der Waals surface area contributed by atoms with Crippen molar-refractivity contribution in [1.82, 2.24) is 0 Å². The number of pyridine rings is 1. The summed E-state index contributed by atoms with van der Waals surface area (Å²) in [5.41, 5.74) is 4.86. The summed E-state index contributed by atoms with van der Waals surface area (Å²) < 4.78 is 47.4. The average Bonchev–Trinajstić information content (AvgIpc) is 2.39. The van der Waals surface area contributed by atoms with Gasteiger partial charge in [-0.3, -0.25) is 0 Å². The van der Waals surface area contributed by atoms with Gasteiger partial charge in [-0.05, 0) is 51.2 Å². The van der Waals surface area contributed by atoms with Crippen LogP contribution in [0.25, 0.3) is 11.3 Å². The van der Waals surface area contributed by atoms with Crippen molar-refractivity contribution in [3.05, 3.63) is 52.2 Å². The molecule has 1 aromatic heterocycles. The highest BCUT2D eigenvalue weighted by Gasteiger charge is 2.16. The molecular weight excluding hydrogens is 218 g/mol. The minimum atomic E-state index is -2.16. The van der Waals surface area contributed by atoms with Gasteiger partial charge < -0.3 is 0 Å². The van der Waals surface area contributed by atoms with Crippen molar-refractivity contribution in [2.24, 2.45) is 7.05 Å². The molecule has 0 N–H and O–H groups in total. The van der Waals surface area contributed by atoms with E-state index in [2.05, 4.69) is 0 Å². The van der Waals surface area contributed by atoms with Crippen molar-refractivity contribution in [2.45, 2.75) is 34.5 Å². The van der Waals surface area contributed by atoms with Crippen LogP contribution in [0.3, 0.4) is 0 Å². The smallest absolute Gasteiger partial charge is 0.201 e. The highest BCUT2D eigenvalue weighted by Crippen LogP contribution is 2.26. The van der Waals surface area contributed by atoms with Gasteiger partial charge in [0.15, 0.2) is 6.20 Å². The summed E-state index contributed by atoms with van der Waals surface area (Å²) in [5.74, 6) is 0. The number of hydrogen-bond acceptors (Lipinski definition) is 0. The molecule has 0 amide bonds. The van der Waals surface area contributed by atoms with Gasteiger partial charge in [0.25, 0.3) is 0 Å². The molecule has 18 heavy (non-hydrogen) atoms. The Morgan fingerprint density at radius 3 is 2.11 bits per heavy atom. The van der Waals surface area contributed by atoms with Gasteiger partial charge in [-0.1, -0.05) is 17.7 Å². The third-order valence-electron chi connectivity index (χ3n) is 3.27. The molecule has 94 valence electrons. The van der Waals surface area contributed by atoms with Crippen LogP contribution in [0.4, 0.5) is 0 Å². The molecular formula is C17H22N+. The maximum absolute atomic E-state index is 7.62. The summed E-state index contributed by atoms with van der Waals surface area (Å²) >= 11 is 0. The van der Waals surface area contributed by atoms with Gasteiger partial charge in [0.2, 0.25) is 5.69 Å². The maximum atomic E-state index is 7.62. The Morgan fingerprint density at radius 1 is 0.889 bits per heavy atom. The van der Waals surface area contributed by atoms with Crippen molar-refractivity contribution in [1.29, 1.82) is 0 Å². The van der Waals surface area contributed by atoms with Gasteiger partial charge >= 0.3 is 0 Å². The van der Waals surface area contributed by atoms with Gasteiger partial charge in [0, 0.05) is 19.9 Å². The second-order valence-corrected chi connectivity index (χ2v) is 4.85. The zero-order valence-electron chi connectivity index (χ0n) is 17.3. The topological polar surface area (TPSA) is 3.88 Å². The molecule has 0 aliphatic rings. The van der Waals surface area contributed by atoms with Crippen molar-refractivity contribution in [3.8, 4) is 11.3 Å². The average molecular weight is 246 g/mol. The predicted octanol–water partition coefficient (Wildman–Crippen LogP) is 3.72. The summed E-state index contributed by atoms with van der Waals surface area (Å²) in [6, 6.07) is 5.22. The van der Waals surface area contributed by atoms with Crippen LogP contribution >= 0.6 is 0 Å². The van der Waals surface area contributed by atoms with E-state index in [-0.39, 0.29) is 0 Å². The van der Waals surface area contributed by atoms with Gasteiger partial charge in [-0.25, -0.2) is 4.57 Å². The predicted molar refractivity (Wildman–Crippen MR) is 76.7 cm³/mol. The summed E-state index contributed by atoms with van der Waals surface area (Å²) in [6.45, 7) is 1.24. The number of rotatable bonds is 1. The Bertz CT molecular complexity index is 764. The molecule has 0 unspecified atom stereocenters. The Morgan fingerprint density at radius 2 is 1.56 bits per heavy atom. The minimum Gasteiger partial charge on any atom is -0.201 e. The normalized spacial score (nSPS) is 17.1. The summed E-state index contributed by atoms with van der Waals surface area (Å²) in [7, 11) is 1.81. The Labute approximate surface area is 119 Å². The second-order valence-electron chi connectivity index (χ2n) is 4.85. The van der Waals surface area contributed by atoms with Crippen LogP contribution in [0, 0.1) is 34.5 Å². The van der Waals surface area contributed by atoms with Crippen LogP contribution < -0.4 is 4.57 Å². The zero-order valence-corrected chi connectivity index (χ0v) is 11.3. The molecule has 2 rings (SSSR count).